The van der Waals surface area contributed by atoms with Crippen LogP contribution in [0.25, 0.3) is 0 Å². The van der Waals surface area contributed by atoms with Crippen LogP contribution < -0.4 is 5.73 Å². The van der Waals surface area contributed by atoms with E-state index in [0.29, 0.717) is 15.6 Å². The molecular weight excluding hydrogens is 293 g/mol. The lowest BCUT2D eigenvalue weighted by Crippen LogP contribution is -2.16. The number of nitrogens with two attached hydrogens (primary N) is 1. The van der Waals surface area contributed by atoms with Gasteiger partial charge in [0, 0.05) is 28.9 Å². The van der Waals surface area contributed by atoms with Crippen molar-refractivity contribution in [1.82, 2.24) is 0 Å². The van der Waals surface area contributed by atoms with Gasteiger partial charge in [-0.05, 0) is 23.3 Å². The third-order valence-electron chi connectivity index (χ3n) is 3.11. The van der Waals surface area contributed by atoms with Crippen LogP contribution in [0.2, 0.25) is 10.0 Å². The van der Waals surface area contributed by atoms with Gasteiger partial charge in [-0.1, -0.05) is 59.6 Å². The number of hydrogen-bond donors (Lipinski definition) is 1. The van der Waals surface area contributed by atoms with Crippen molar-refractivity contribution < 1.29 is 4.79 Å². The Labute approximate surface area is 128 Å². The van der Waals surface area contributed by atoms with E-state index in [1.807, 2.05) is 30.3 Å². The normalized spacial score (nSPS) is 12.2. The van der Waals surface area contributed by atoms with Gasteiger partial charge >= 0.3 is 0 Å². The van der Waals surface area contributed by atoms with Crippen molar-refractivity contribution in [3.63, 3.8) is 0 Å². The van der Waals surface area contributed by atoms with Gasteiger partial charge in [0.25, 0.3) is 0 Å². The van der Waals surface area contributed by atoms with Crippen molar-refractivity contribution >= 4 is 29.0 Å². The van der Waals surface area contributed by atoms with E-state index >= 15 is 0 Å². The average molecular weight is 308 g/mol. The number of carbonyl (C=O) groups excluding carboxylic acids is 1. The fourth-order valence-corrected chi connectivity index (χ4v) is 2.56. The Morgan fingerprint density at radius 1 is 1.00 bits per heavy atom. The van der Waals surface area contributed by atoms with Crippen LogP contribution in [0, 0.1) is 0 Å². The van der Waals surface area contributed by atoms with Crippen LogP contribution in [-0.2, 0) is 11.2 Å². The van der Waals surface area contributed by atoms with Gasteiger partial charge in [0.15, 0.2) is 0 Å². The van der Waals surface area contributed by atoms with E-state index in [0.717, 1.165) is 5.56 Å². The summed E-state index contributed by atoms with van der Waals surface area (Å²) in [6, 6.07) is 14.5. The lowest BCUT2D eigenvalue weighted by atomic mass is 9.99. The topological polar surface area (TPSA) is 43.1 Å². The van der Waals surface area contributed by atoms with Gasteiger partial charge in [0.05, 0.1) is 0 Å². The highest BCUT2D eigenvalue weighted by Crippen LogP contribution is 2.26. The van der Waals surface area contributed by atoms with Crippen LogP contribution in [0.4, 0.5) is 0 Å². The lowest BCUT2D eigenvalue weighted by Gasteiger charge is -2.12. The highest BCUT2D eigenvalue weighted by atomic mass is 35.5. The fourth-order valence-electron chi connectivity index (χ4n) is 2.03. The molecular formula is C16H15Cl2NO. The van der Waals surface area contributed by atoms with Crippen LogP contribution >= 0.6 is 23.2 Å². The van der Waals surface area contributed by atoms with E-state index < -0.39 is 0 Å². The van der Waals surface area contributed by atoms with E-state index in [1.54, 1.807) is 18.2 Å². The van der Waals surface area contributed by atoms with Crippen LogP contribution in [-0.4, -0.2) is 5.78 Å². The zero-order chi connectivity index (χ0) is 14.5. The molecule has 2 aromatic carbocycles. The van der Waals surface area contributed by atoms with Crippen molar-refractivity contribution in [3.8, 4) is 0 Å². The molecule has 0 aromatic heterocycles. The van der Waals surface area contributed by atoms with Crippen LogP contribution in [0.5, 0.6) is 0 Å². The maximum Gasteiger partial charge on any atom is 0.139 e. The third-order valence-corrected chi connectivity index (χ3v) is 3.82. The van der Waals surface area contributed by atoms with Crippen LogP contribution in [0.1, 0.15) is 23.6 Å². The zero-order valence-electron chi connectivity index (χ0n) is 10.9. The lowest BCUT2D eigenvalue weighted by molar-refractivity contribution is -0.118. The van der Waals surface area contributed by atoms with Gasteiger partial charge < -0.3 is 5.73 Å². The van der Waals surface area contributed by atoms with E-state index in [1.165, 1.54) is 0 Å². The summed E-state index contributed by atoms with van der Waals surface area (Å²) >= 11 is 12.1. The number of halogens is 2. The van der Waals surface area contributed by atoms with Crippen LogP contribution in [0.3, 0.4) is 0 Å². The highest BCUT2D eigenvalue weighted by molar-refractivity contribution is 6.36. The van der Waals surface area contributed by atoms with Gasteiger partial charge in [-0.15, -0.1) is 0 Å². The summed E-state index contributed by atoms with van der Waals surface area (Å²) in [6.07, 6.45) is 0.477. The minimum absolute atomic E-state index is 0.0244. The Hall–Kier alpha value is -1.35. The van der Waals surface area contributed by atoms with Gasteiger partial charge in [-0.3, -0.25) is 4.79 Å². The van der Waals surface area contributed by atoms with E-state index in [2.05, 4.69) is 0 Å². The first-order valence-electron chi connectivity index (χ1n) is 6.33. The molecule has 0 amide bonds. The molecule has 2 nitrogen and oxygen atoms in total. The van der Waals surface area contributed by atoms with Gasteiger partial charge in [0.1, 0.15) is 5.78 Å². The van der Waals surface area contributed by atoms with Gasteiger partial charge in [-0.2, -0.15) is 0 Å². The average Bonchev–Trinajstić information content (AvgIpc) is 2.44. The quantitative estimate of drug-likeness (QED) is 0.899. The summed E-state index contributed by atoms with van der Waals surface area (Å²) in [6.45, 7) is 0. The van der Waals surface area contributed by atoms with Crippen molar-refractivity contribution in [1.29, 1.82) is 0 Å². The number of ketones is 1. The summed E-state index contributed by atoms with van der Waals surface area (Å²) in [4.78, 5) is 12.1. The Bertz CT molecular complexity index is 578. The second-order valence-electron chi connectivity index (χ2n) is 4.64. The van der Waals surface area contributed by atoms with Crippen molar-refractivity contribution in [2.75, 3.05) is 0 Å². The molecule has 0 aliphatic heterocycles. The molecule has 1 atom stereocenters. The molecule has 20 heavy (non-hydrogen) atoms. The molecule has 0 fully saturated rings. The summed E-state index contributed by atoms with van der Waals surface area (Å²) in [5.74, 6) is 0.0244. The first kappa shape index (κ1) is 15.0. The maximum absolute atomic E-state index is 12.1. The molecule has 0 heterocycles. The second kappa shape index (κ2) is 6.89. The molecule has 0 bridgehead atoms. The molecule has 0 spiro atoms. The number of carbonyl (C=O) groups is 1. The highest BCUT2D eigenvalue weighted by Gasteiger charge is 2.15. The zero-order valence-corrected chi connectivity index (χ0v) is 12.4. The largest absolute Gasteiger partial charge is 0.324 e. The maximum atomic E-state index is 12.1. The third kappa shape index (κ3) is 3.83. The van der Waals surface area contributed by atoms with Gasteiger partial charge in [0.2, 0.25) is 0 Å². The smallest absolute Gasteiger partial charge is 0.139 e. The Kier molecular flexibility index (Phi) is 5.18. The molecule has 0 aliphatic carbocycles. The molecule has 2 rings (SSSR count). The molecule has 0 aliphatic rings. The predicted octanol–water partition coefficient (Wildman–Crippen LogP) is 4.20. The van der Waals surface area contributed by atoms with E-state index in [-0.39, 0.29) is 24.7 Å². The molecule has 1 unspecified atom stereocenters. The molecule has 2 N–H and O–H groups in total. The number of Topliss-reactive ketones (excluding diaryl/α,β-unsaturated/α-hetero) is 1. The fraction of sp³-hybridized carbons (Fsp3) is 0.188. The minimum atomic E-state index is -0.301. The molecule has 4 heteroatoms. The molecule has 0 saturated heterocycles. The Balaban J connectivity index is 2.03. The summed E-state index contributed by atoms with van der Waals surface area (Å²) < 4.78 is 0. The molecule has 104 valence electrons. The van der Waals surface area contributed by atoms with Crippen LogP contribution in [0.15, 0.2) is 48.5 Å². The first-order chi connectivity index (χ1) is 9.58. The standard InChI is InChI=1S/C16H15Cl2NO/c17-14-7-4-8-15(18)13(14)9-12(20)10-16(19)11-5-2-1-3-6-11/h1-8,16H,9-10,19H2. The van der Waals surface area contributed by atoms with Crippen molar-refractivity contribution in [3.05, 3.63) is 69.7 Å². The van der Waals surface area contributed by atoms with Crippen molar-refractivity contribution in [2.45, 2.75) is 18.9 Å². The summed E-state index contributed by atoms with van der Waals surface area (Å²) in [5, 5.41) is 1.03. The molecule has 0 saturated carbocycles. The Morgan fingerprint density at radius 2 is 1.60 bits per heavy atom. The van der Waals surface area contributed by atoms with Gasteiger partial charge in [-0.25, -0.2) is 0 Å². The summed E-state index contributed by atoms with van der Waals surface area (Å²) in [7, 11) is 0. The van der Waals surface area contributed by atoms with E-state index in [4.69, 9.17) is 28.9 Å². The number of benzene rings is 2. The SMILES string of the molecule is NC(CC(=O)Cc1c(Cl)cccc1Cl)c1ccccc1. The second-order valence-corrected chi connectivity index (χ2v) is 5.45. The van der Waals surface area contributed by atoms with Crippen molar-refractivity contribution in [2.24, 2.45) is 5.73 Å². The number of rotatable bonds is 5. The predicted molar refractivity (Wildman–Crippen MR) is 83.2 cm³/mol. The Morgan fingerprint density at radius 3 is 2.20 bits per heavy atom. The molecule has 0 radical (unpaired) electrons. The first-order valence-corrected chi connectivity index (χ1v) is 7.08. The molecule has 2 aromatic rings. The number of hydrogen-bond acceptors (Lipinski definition) is 2. The van der Waals surface area contributed by atoms with E-state index in [9.17, 15) is 4.79 Å². The summed E-state index contributed by atoms with van der Waals surface area (Å²) in [5.41, 5.74) is 7.66. The monoisotopic (exact) mass is 307 g/mol. The minimum Gasteiger partial charge on any atom is -0.324 e.